The van der Waals surface area contributed by atoms with E-state index in [2.05, 4.69) is 0 Å². The zero-order valence-electron chi connectivity index (χ0n) is 9.54. The number of carbonyl (C=O) groups excluding carboxylic acids is 1. The van der Waals surface area contributed by atoms with Gasteiger partial charge in [-0.1, -0.05) is 6.92 Å². The fraction of sp³-hybridized carbons (Fsp3) is 0.462. The van der Waals surface area contributed by atoms with E-state index in [1.807, 2.05) is 31.2 Å². The van der Waals surface area contributed by atoms with Crippen molar-refractivity contribution in [3.05, 3.63) is 29.8 Å². The van der Waals surface area contributed by atoms with Crippen molar-refractivity contribution in [2.45, 2.75) is 26.2 Å². The predicted molar refractivity (Wildman–Crippen MR) is 66.5 cm³/mol. The normalized spacial score (nSPS) is 10.1. The molecule has 0 N–H and O–H groups in total. The predicted octanol–water partition coefficient (Wildman–Crippen LogP) is 3.68. The van der Waals surface area contributed by atoms with E-state index in [1.54, 1.807) is 0 Å². The van der Waals surface area contributed by atoms with Crippen LogP contribution >= 0.6 is 11.6 Å². The minimum Gasteiger partial charge on any atom is -0.494 e. The molecule has 0 saturated carbocycles. The first kappa shape index (κ1) is 13.0. The maximum atomic E-state index is 11.6. The third-order valence-electron chi connectivity index (χ3n) is 2.20. The first-order valence-electron chi connectivity index (χ1n) is 5.60. The van der Waals surface area contributed by atoms with E-state index >= 15 is 0 Å². The van der Waals surface area contributed by atoms with Crippen molar-refractivity contribution in [2.24, 2.45) is 0 Å². The maximum Gasteiger partial charge on any atom is 0.162 e. The van der Waals surface area contributed by atoms with Crippen LogP contribution in [0.3, 0.4) is 0 Å². The zero-order chi connectivity index (χ0) is 11.8. The van der Waals surface area contributed by atoms with Gasteiger partial charge in [0, 0.05) is 17.9 Å². The summed E-state index contributed by atoms with van der Waals surface area (Å²) in [7, 11) is 0. The van der Waals surface area contributed by atoms with Gasteiger partial charge in [0.15, 0.2) is 5.78 Å². The highest BCUT2D eigenvalue weighted by Gasteiger charge is 2.04. The highest BCUT2D eigenvalue weighted by Crippen LogP contribution is 2.14. The average Bonchev–Trinajstić information content (AvgIpc) is 2.30. The molecular formula is C13H17ClO2. The van der Waals surface area contributed by atoms with Gasteiger partial charge in [0.2, 0.25) is 0 Å². The van der Waals surface area contributed by atoms with Crippen molar-refractivity contribution in [3.8, 4) is 5.75 Å². The molecule has 0 heterocycles. The van der Waals surface area contributed by atoms with Gasteiger partial charge in [0.1, 0.15) is 5.75 Å². The second-order valence-electron chi connectivity index (χ2n) is 3.59. The number of rotatable bonds is 7. The van der Waals surface area contributed by atoms with Crippen LogP contribution in [0.2, 0.25) is 0 Å². The second-order valence-corrected chi connectivity index (χ2v) is 3.97. The molecule has 0 unspecified atom stereocenters. The SMILES string of the molecule is CCCC(=O)c1ccc(OCCCCl)cc1. The van der Waals surface area contributed by atoms with Crippen LogP contribution in [-0.4, -0.2) is 18.3 Å². The number of hydrogen-bond acceptors (Lipinski definition) is 2. The molecule has 0 aliphatic carbocycles. The van der Waals surface area contributed by atoms with Gasteiger partial charge in [-0.25, -0.2) is 0 Å². The summed E-state index contributed by atoms with van der Waals surface area (Å²) >= 11 is 5.54. The lowest BCUT2D eigenvalue weighted by Gasteiger charge is -2.05. The molecule has 0 aromatic heterocycles. The van der Waals surface area contributed by atoms with Crippen LogP contribution in [0.15, 0.2) is 24.3 Å². The lowest BCUT2D eigenvalue weighted by atomic mass is 10.1. The van der Waals surface area contributed by atoms with E-state index in [-0.39, 0.29) is 5.78 Å². The summed E-state index contributed by atoms with van der Waals surface area (Å²) in [4.78, 5) is 11.6. The quantitative estimate of drug-likeness (QED) is 0.413. The second kappa shape index (κ2) is 7.29. The van der Waals surface area contributed by atoms with Gasteiger partial charge < -0.3 is 4.74 Å². The molecule has 0 aliphatic heterocycles. The number of halogens is 1. The first-order valence-corrected chi connectivity index (χ1v) is 6.13. The lowest BCUT2D eigenvalue weighted by Crippen LogP contribution is -2.00. The molecule has 0 saturated heterocycles. The highest BCUT2D eigenvalue weighted by molar-refractivity contribution is 6.17. The Labute approximate surface area is 102 Å². The van der Waals surface area contributed by atoms with Crippen molar-refractivity contribution in [2.75, 3.05) is 12.5 Å². The Balaban J connectivity index is 2.50. The van der Waals surface area contributed by atoms with Crippen molar-refractivity contribution >= 4 is 17.4 Å². The fourth-order valence-corrected chi connectivity index (χ4v) is 1.46. The first-order chi connectivity index (χ1) is 7.77. The number of benzene rings is 1. The van der Waals surface area contributed by atoms with Crippen molar-refractivity contribution in [3.63, 3.8) is 0 Å². The third-order valence-corrected chi connectivity index (χ3v) is 2.47. The minimum atomic E-state index is 0.190. The topological polar surface area (TPSA) is 26.3 Å². The molecule has 0 amide bonds. The molecule has 0 aliphatic rings. The summed E-state index contributed by atoms with van der Waals surface area (Å²) in [6.45, 7) is 2.62. The van der Waals surface area contributed by atoms with Crippen LogP contribution in [0.1, 0.15) is 36.5 Å². The van der Waals surface area contributed by atoms with Gasteiger partial charge in [-0.2, -0.15) is 0 Å². The number of ether oxygens (including phenoxy) is 1. The molecule has 1 aromatic carbocycles. The molecule has 16 heavy (non-hydrogen) atoms. The average molecular weight is 241 g/mol. The largest absolute Gasteiger partial charge is 0.494 e. The monoisotopic (exact) mass is 240 g/mol. The Bertz CT molecular complexity index is 319. The molecule has 2 nitrogen and oxygen atoms in total. The third kappa shape index (κ3) is 4.23. The van der Waals surface area contributed by atoms with E-state index in [1.165, 1.54) is 0 Å². The number of ketones is 1. The van der Waals surface area contributed by atoms with Crippen LogP contribution in [0.4, 0.5) is 0 Å². The number of carbonyl (C=O) groups is 1. The van der Waals surface area contributed by atoms with E-state index in [4.69, 9.17) is 16.3 Å². The Morgan fingerprint density at radius 1 is 1.31 bits per heavy atom. The molecule has 0 radical (unpaired) electrons. The number of alkyl halides is 1. The summed E-state index contributed by atoms with van der Waals surface area (Å²) in [6.07, 6.45) is 2.32. The summed E-state index contributed by atoms with van der Waals surface area (Å²) in [5.41, 5.74) is 0.756. The molecule has 0 bridgehead atoms. The van der Waals surface area contributed by atoms with Gasteiger partial charge in [0.05, 0.1) is 6.61 Å². The molecule has 0 spiro atoms. The summed E-state index contributed by atoms with van der Waals surface area (Å²) < 4.78 is 5.45. The van der Waals surface area contributed by atoms with Gasteiger partial charge >= 0.3 is 0 Å². The molecule has 1 rings (SSSR count). The molecule has 0 fully saturated rings. The Hall–Kier alpha value is -1.02. The van der Waals surface area contributed by atoms with Crippen LogP contribution in [-0.2, 0) is 0 Å². The highest BCUT2D eigenvalue weighted by atomic mass is 35.5. The van der Waals surface area contributed by atoms with E-state index < -0.39 is 0 Å². The van der Waals surface area contributed by atoms with Gasteiger partial charge in [-0.3, -0.25) is 4.79 Å². The number of Topliss-reactive ketones (excluding diaryl/α,β-unsaturated/α-hetero) is 1. The standard InChI is InChI=1S/C13H17ClO2/c1-2-4-13(15)11-5-7-12(8-6-11)16-10-3-9-14/h5-8H,2-4,9-10H2,1H3. The summed E-state index contributed by atoms with van der Waals surface area (Å²) in [5, 5.41) is 0. The summed E-state index contributed by atoms with van der Waals surface area (Å²) in [5.74, 6) is 1.58. The van der Waals surface area contributed by atoms with Gasteiger partial charge in [0.25, 0.3) is 0 Å². The fourth-order valence-electron chi connectivity index (χ4n) is 1.35. The maximum absolute atomic E-state index is 11.6. The molecule has 0 atom stereocenters. The van der Waals surface area contributed by atoms with E-state index in [0.29, 0.717) is 18.9 Å². The van der Waals surface area contributed by atoms with Gasteiger partial charge in [-0.15, -0.1) is 11.6 Å². The lowest BCUT2D eigenvalue weighted by molar-refractivity contribution is 0.0981. The Morgan fingerprint density at radius 2 is 2.00 bits per heavy atom. The van der Waals surface area contributed by atoms with Crippen LogP contribution in [0.5, 0.6) is 5.75 Å². The zero-order valence-corrected chi connectivity index (χ0v) is 10.3. The Kier molecular flexibility index (Phi) is 5.94. The van der Waals surface area contributed by atoms with Crippen LogP contribution < -0.4 is 4.74 Å². The Morgan fingerprint density at radius 3 is 2.56 bits per heavy atom. The molecule has 1 aromatic rings. The van der Waals surface area contributed by atoms with E-state index in [9.17, 15) is 4.79 Å². The summed E-state index contributed by atoms with van der Waals surface area (Å²) in [6, 6.07) is 7.29. The van der Waals surface area contributed by atoms with Gasteiger partial charge in [-0.05, 0) is 37.1 Å². The van der Waals surface area contributed by atoms with Crippen LogP contribution in [0.25, 0.3) is 0 Å². The van der Waals surface area contributed by atoms with E-state index in [0.717, 1.165) is 24.2 Å². The molecular weight excluding hydrogens is 224 g/mol. The van der Waals surface area contributed by atoms with Crippen molar-refractivity contribution in [1.82, 2.24) is 0 Å². The smallest absolute Gasteiger partial charge is 0.162 e. The van der Waals surface area contributed by atoms with Crippen molar-refractivity contribution in [1.29, 1.82) is 0 Å². The minimum absolute atomic E-state index is 0.190. The molecule has 3 heteroatoms. The van der Waals surface area contributed by atoms with Crippen molar-refractivity contribution < 1.29 is 9.53 Å². The molecule has 88 valence electrons. The van der Waals surface area contributed by atoms with Crippen LogP contribution in [0, 0.1) is 0 Å². The number of hydrogen-bond donors (Lipinski definition) is 0.